The van der Waals surface area contributed by atoms with E-state index < -0.39 is 0 Å². The van der Waals surface area contributed by atoms with E-state index in [1.54, 1.807) is 13.3 Å². The van der Waals surface area contributed by atoms with Gasteiger partial charge in [-0.15, -0.1) is 0 Å². The molecule has 1 atom stereocenters. The Hall–Kier alpha value is -2.73. The number of imidazole rings is 1. The molecule has 0 aliphatic rings. The van der Waals surface area contributed by atoms with Gasteiger partial charge < -0.3 is 10.1 Å². The van der Waals surface area contributed by atoms with Crippen molar-refractivity contribution in [3.8, 4) is 11.4 Å². The predicted octanol–water partition coefficient (Wildman–Crippen LogP) is 4.00. The van der Waals surface area contributed by atoms with E-state index in [2.05, 4.69) is 10.3 Å². The predicted molar refractivity (Wildman–Crippen MR) is 101 cm³/mol. The highest BCUT2D eigenvalue weighted by atomic mass is 32.2. The van der Waals surface area contributed by atoms with E-state index in [9.17, 15) is 4.79 Å². The van der Waals surface area contributed by atoms with Gasteiger partial charge in [-0.2, -0.15) is 0 Å². The van der Waals surface area contributed by atoms with Gasteiger partial charge in [0.05, 0.1) is 12.4 Å². The van der Waals surface area contributed by atoms with Gasteiger partial charge in [-0.1, -0.05) is 30.0 Å². The Morgan fingerprint density at radius 1 is 1.16 bits per heavy atom. The van der Waals surface area contributed by atoms with Crippen LogP contribution in [0.1, 0.15) is 6.92 Å². The van der Waals surface area contributed by atoms with Gasteiger partial charge in [-0.25, -0.2) is 4.98 Å². The van der Waals surface area contributed by atoms with E-state index >= 15 is 0 Å². The minimum absolute atomic E-state index is 0.0551. The summed E-state index contributed by atoms with van der Waals surface area (Å²) in [5, 5.41) is 3.40. The molecule has 3 aromatic rings. The lowest BCUT2D eigenvalue weighted by atomic mass is 10.3. The van der Waals surface area contributed by atoms with Gasteiger partial charge in [0.25, 0.3) is 0 Å². The number of anilines is 1. The molecule has 2 aromatic carbocycles. The smallest absolute Gasteiger partial charge is 0.237 e. The van der Waals surface area contributed by atoms with Crippen molar-refractivity contribution in [1.29, 1.82) is 0 Å². The van der Waals surface area contributed by atoms with Crippen molar-refractivity contribution in [3.05, 3.63) is 67.0 Å². The molecule has 0 aliphatic heterocycles. The molecular formula is C19H19N3O2S. The molecule has 3 rings (SSSR count). The van der Waals surface area contributed by atoms with Gasteiger partial charge in [0, 0.05) is 23.8 Å². The third-order valence-corrected chi connectivity index (χ3v) is 4.73. The lowest BCUT2D eigenvalue weighted by Crippen LogP contribution is -2.22. The Morgan fingerprint density at radius 3 is 2.56 bits per heavy atom. The highest BCUT2D eigenvalue weighted by molar-refractivity contribution is 8.00. The third-order valence-electron chi connectivity index (χ3n) is 3.65. The van der Waals surface area contributed by atoms with Gasteiger partial charge in [0.15, 0.2) is 5.16 Å². The minimum Gasteiger partial charge on any atom is -0.497 e. The van der Waals surface area contributed by atoms with Crippen LogP contribution >= 0.6 is 11.8 Å². The minimum atomic E-state index is -0.278. The fraction of sp³-hybridized carbons (Fsp3) is 0.158. The molecule has 0 spiro atoms. The molecule has 1 amide bonds. The topological polar surface area (TPSA) is 56.2 Å². The number of thioether (sulfide) groups is 1. The highest BCUT2D eigenvalue weighted by Crippen LogP contribution is 2.26. The standard InChI is InChI=1S/C19H19N3O2S/c1-14(18(23)21-15-6-4-3-5-7-15)25-19-20-12-13-22(19)16-8-10-17(24-2)11-9-16/h3-14H,1-2H3,(H,21,23). The molecule has 5 nitrogen and oxygen atoms in total. The maximum absolute atomic E-state index is 12.4. The number of amides is 1. The second kappa shape index (κ2) is 7.90. The number of carbonyl (C=O) groups excluding carboxylic acids is 1. The number of para-hydroxylation sites is 1. The van der Waals surface area contributed by atoms with E-state index in [0.29, 0.717) is 0 Å². The van der Waals surface area contributed by atoms with E-state index in [1.807, 2.05) is 72.3 Å². The summed E-state index contributed by atoms with van der Waals surface area (Å²) in [6.07, 6.45) is 3.61. The molecule has 0 aliphatic carbocycles. The van der Waals surface area contributed by atoms with Crippen molar-refractivity contribution in [3.63, 3.8) is 0 Å². The number of ether oxygens (including phenoxy) is 1. The first-order valence-corrected chi connectivity index (χ1v) is 8.75. The number of rotatable bonds is 6. The van der Waals surface area contributed by atoms with Crippen LogP contribution in [0.25, 0.3) is 5.69 Å². The first kappa shape index (κ1) is 17.1. The Balaban J connectivity index is 1.70. The third kappa shape index (κ3) is 4.22. The van der Waals surface area contributed by atoms with Crippen molar-refractivity contribution in [1.82, 2.24) is 9.55 Å². The number of nitrogens with one attached hydrogen (secondary N) is 1. The first-order chi connectivity index (χ1) is 12.2. The van der Waals surface area contributed by atoms with Crippen LogP contribution in [0, 0.1) is 0 Å². The molecule has 128 valence electrons. The van der Waals surface area contributed by atoms with Gasteiger partial charge in [-0.3, -0.25) is 9.36 Å². The molecule has 25 heavy (non-hydrogen) atoms. The zero-order valence-electron chi connectivity index (χ0n) is 14.0. The van der Waals surface area contributed by atoms with Crippen molar-refractivity contribution in [2.45, 2.75) is 17.3 Å². The Kier molecular flexibility index (Phi) is 5.40. The van der Waals surface area contributed by atoms with Crippen molar-refractivity contribution < 1.29 is 9.53 Å². The van der Waals surface area contributed by atoms with Crippen LogP contribution < -0.4 is 10.1 Å². The molecule has 0 saturated heterocycles. The van der Waals surface area contributed by atoms with Crippen LogP contribution in [0.3, 0.4) is 0 Å². The molecule has 0 fully saturated rings. The van der Waals surface area contributed by atoms with Crippen LogP contribution in [0.4, 0.5) is 5.69 Å². The molecule has 1 unspecified atom stereocenters. The second-order valence-corrected chi connectivity index (χ2v) is 6.70. The van der Waals surface area contributed by atoms with Crippen molar-refractivity contribution in [2.75, 3.05) is 12.4 Å². The van der Waals surface area contributed by atoms with Crippen LogP contribution in [-0.2, 0) is 4.79 Å². The lowest BCUT2D eigenvalue weighted by Gasteiger charge is -2.13. The Labute approximate surface area is 151 Å². The van der Waals surface area contributed by atoms with E-state index in [-0.39, 0.29) is 11.2 Å². The molecule has 0 saturated carbocycles. The largest absolute Gasteiger partial charge is 0.497 e. The normalized spacial score (nSPS) is 11.8. The van der Waals surface area contributed by atoms with Crippen LogP contribution in [0.5, 0.6) is 5.75 Å². The summed E-state index contributed by atoms with van der Waals surface area (Å²) in [5.41, 5.74) is 1.76. The Morgan fingerprint density at radius 2 is 1.88 bits per heavy atom. The highest BCUT2D eigenvalue weighted by Gasteiger charge is 2.18. The van der Waals surface area contributed by atoms with Crippen LogP contribution in [-0.4, -0.2) is 27.8 Å². The SMILES string of the molecule is COc1ccc(-n2ccnc2SC(C)C(=O)Nc2ccccc2)cc1. The summed E-state index contributed by atoms with van der Waals surface area (Å²) >= 11 is 1.42. The fourth-order valence-electron chi connectivity index (χ4n) is 2.29. The summed E-state index contributed by atoms with van der Waals surface area (Å²) in [4.78, 5) is 16.8. The maximum atomic E-state index is 12.4. The van der Waals surface area contributed by atoms with Gasteiger partial charge in [0.1, 0.15) is 5.75 Å². The summed E-state index contributed by atoms with van der Waals surface area (Å²) < 4.78 is 7.14. The average molecular weight is 353 g/mol. The lowest BCUT2D eigenvalue weighted by molar-refractivity contribution is -0.115. The molecular weight excluding hydrogens is 334 g/mol. The number of aromatic nitrogens is 2. The number of benzene rings is 2. The first-order valence-electron chi connectivity index (χ1n) is 7.87. The molecule has 0 radical (unpaired) electrons. The molecule has 6 heteroatoms. The number of nitrogens with zero attached hydrogens (tertiary/aromatic N) is 2. The number of carbonyl (C=O) groups is 1. The van der Waals surface area contributed by atoms with E-state index in [4.69, 9.17) is 4.74 Å². The molecule has 1 N–H and O–H groups in total. The van der Waals surface area contributed by atoms with E-state index in [1.165, 1.54) is 11.8 Å². The maximum Gasteiger partial charge on any atom is 0.237 e. The number of hydrogen-bond acceptors (Lipinski definition) is 4. The van der Waals surface area contributed by atoms with Crippen LogP contribution in [0.15, 0.2) is 72.1 Å². The van der Waals surface area contributed by atoms with Gasteiger partial charge in [-0.05, 0) is 43.3 Å². The van der Waals surface area contributed by atoms with Crippen LogP contribution in [0.2, 0.25) is 0 Å². The number of hydrogen-bond donors (Lipinski definition) is 1. The van der Waals surface area contributed by atoms with Crippen molar-refractivity contribution in [2.24, 2.45) is 0 Å². The summed E-state index contributed by atoms with van der Waals surface area (Å²) in [5.74, 6) is 0.745. The quantitative estimate of drug-likeness (QED) is 0.681. The second-order valence-electron chi connectivity index (χ2n) is 5.39. The van der Waals surface area contributed by atoms with Gasteiger partial charge >= 0.3 is 0 Å². The van der Waals surface area contributed by atoms with E-state index in [0.717, 1.165) is 22.3 Å². The summed E-state index contributed by atoms with van der Waals surface area (Å²) in [6, 6.07) is 17.2. The van der Waals surface area contributed by atoms with Crippen molar-refractivity contribution >= 4 is 23.4 Å². The molecule has 0 bridgehead atoms. The fourth-order valence-corrected chi connectivity index (χ4v) is 3.18. The zero-order chi connectivity index (χ0) is 17.6. The summed E-state index contributed by atoms with van der Waals surface area (Å²) in [7, 11) is 1.64. The monoisotopic (exact) mass is 353 g/mol. The number of methoxy groups -OCH3 is 1. The van der Waals surface area contributed by atoms with Gasteiger partial charge in [0.2, 0.25) is 5.91 Å². The molecule has 1 aromatic heterocycles. The molecule has 1 heterocycles. The zero-order valence-corrected chi connectivity index (χ0v) is 14.9. The Bertz CT molecular complexity index is 831. The summed E-state index contributed by atoms with van der Waals surface area (Å²) in [6.45, 7) is 1.87. The average Bonchev–Trinajstić information content (AvgIpc) is 3.10.